The van der Waals surface area contributed by atoms with E-state index in [-0.39, 0.29) is 46.0 Å². The van der Waals surface area contributed by atoms with Gasteiger partial charge >= 0.3 is 0 Å². The number of anilines is 3. The Balaban J connectivity index is 1.27. The van der Waals surface area contributed by atoms with E-state index >= 15 is 8.78 Å². The summed E-state index contributed by atoms with van der Waals surface area (Å²) in [6, 6.07) is 5.21. The fourth-order valence-electron chi connectivity index (χ4n) is 8.29. The predicted octanol–water partition coefficient (Wildman–Crippen LogP) is 7.43. The molecule has 2 fully saturated rings. The molecule has 1 saturated heterocycles. The topological polar surface area (TPSA) is 108 Å². The van der Waals surface area contributed by atoms with Crippen LogP contribution in [0.3, 0.4) is 0 Å². The number of benzene rings is 1. The number of aromatic nitrogens is 4. The van der Waals surface area contributed by atoms with Crippen molar-refractivity contribution >= 4 is 40.0 Å². The first-order valence-corrected chi connectivity index (χ1v) is 18.2. The Kier molecular flexibility index (Phi) is 8.88. The fraction of sp³-hybridized carbons (Fsp3) is 0.513. The van der Waals surface area contributed by atoms with Gasteiger partial charge in [0.15, 0.2) is 17.5 Å². The van der Waals surface area contributed by atoms with E-state index in [9.17, 15) is 9.59 Å². The molecular weight excluding hydrogens is 650 g/mol. The number of nitrogens with one attached hydrogen (secondary N) is 2. The van der Waals surface area contributed by atoms with Gasteiger partial charge in [-0.3, -0.25) is 14.6 Å². The highest BCUT2D eigenvalue weighted by atomic mass is 19.2. The Morgan fingerprint density at radius 3 is 2.45 bits per heavy atom. The number of nitrogens with zero attached hydrogens (tertiary/aromatic N) is 6. The maximum atomic E-state index is 15.5. The van der Waals surface area contributed by atoms with Crippen LogP contribution in [-0.2, 0) is 10.2 Å². The van der Waals surface area contributed by atoms with Gasteiger partial charge in [-0.25, -0.2) is 18.7 Å². The summed E-state index contributed by atoms with van der Waals surface area (Å²) >= 11 is 0. The number of pyridine rings is 2. The van der Waals surface area contributed by atoms with Gasteiger partial charge < -0.3 is 25.0 Å². The van der Waals surface area contributed by atoms with Crippen LogP contribution in [0.2, 0.25) is 0 Å². The summed E-state index contributed by atoms with van der Waals surface area (Å²) in [6.45, 7) is 17.0. The first kappa shape index (κ1) is 35.0. The SMILES string of the molecule is CCNC(=O)c1cc(Nc2nc(-c3cnc4c(c3)N(C3CC(C)(CN5CCCCC5)C3)C(=O)C4(C)C)cc3ncn(C(C)C)c23)c(F)c(F)c1C. The highest BCUT2D eigenvalue weighted by Crippen LogP contribution is 2.51. The fourth-order valence-corrected chi connectivity index (χ4v) is 8.29. The average Bonchev–Trinajstić information content (AvgIpc) is 3.60. The minimum atomic E-state index is -1.11. The Hall–Kier alpha value is -4.45. The largest absolute Gasteiger partial charge is 0.352 e. The minimum absolute atomic E-state index is 0.0137. The Bertz CT molecular complexity index is 2030. The average molecular weight is 699 g/mol. The highest BCUT2D eigenvalue weighted by molar-refractivity contribution is 6.08. The van der Waals surface area contributed by atoms with Gasteiger partial charge in [-0.05, 0) is 104 Å². The summed E-state index contributed by atoms with van der Waals surface area (Å²) in [6.07, 6.45) is 9.08. The van der Waals surface area contributed by atoms with Gasteiger partial charge in [0, 0.05) is 48.1 Å². The number of hydrogen-bond acceptors (Lipinski definition) is 7. The second-order valence-corrected chi connectivity index (χ2v) is 15.8. The monoisotopic (exact) mass is 698 g/mol. The molecule has 3 aliphatic rings. The molecule has 2 aliphatic heterocycles. The number of likely N-dealkylation sites (tertiary alicyclic amines) is 1. The van der Waals surface area contributed by atoms with Crippen LogP contribution in [0.15, 0.2) is 30.7 Å². The van der Waals surface area contributed by atoms with Crippen molar-refractivity contribution in [1.82, 2.24) is 29.7 Å². The van der Waals surface area contributed by atoms with Gasteiger partial charge in [0.1, 0.15) is 5.52 Å². The molecule has 7 rings (SSSR count). The summed E-state index contributed by atoms with van der Waals surface area (Å²) in [5, 5.41) is 5.69. The van der Waals surface area contributed by atoms with Crippen molar-refractivity contribution in [2.45, 2.75) is 98.1 Å². The van der Waals surface area contributed by atoms with E-state index in [1.165, 1.54) is 32.3 Å². The van der Waals surface area contributed by atoms with Gasteiger partial charge in [-0.2, -0.15) is 0 Å². The zero-order chi connectivity index (χ0) is 36.4. The van der Waals surface area contributed by atoms with Crippen LogP contribution in [0.25, 0.3) is 22.3 Å². The van der Waals surface area contributed by atoms with E-state index in [4.69, 9.17) is 9.97 Å². The van der Waals surface area contributed by atoms with Crippen LogP contribution in [0, 0.1) is 24.0 Å². The van der Waals surface area contributed by atoms with E-state index in [1.54, 1.807) is 19.4 Å². The molecule has 0 spiro atoms. The number of imidazole rings is 1. The Labute approximate surface area is 298 Å². The predicted molar refractivity (Wildman–Crippen MR) is 195 cm³/mol. The van der Waals surface area contributed by atoms with Crippen molar-refractivity contribution in [1.29, 1.82) is 0 Å². The maximum Gasteiger partial charge on any atom is 0.251 e. The summed E-state index contributed by atoms with van der Waals surface area (Å²) in [5.74, 6) is -2.42. The van der Waals surface area contributed by atoms with Crippen LogP contribution >= 0.6 is 0 Å². The van der Waals surface area contributed by atoms with E-state index in [0.717, 1.165) is 43.9 Å². The van der Waals surface area contributed by atoms with Crippen LogP contribution in [-0.4, -0.2) is 68.5 Å². The van der Waals surface area contributed by atoms with E-state index in [2.05, 4.69) is 27.4 Å². The van der Waals surface area contributed by atoms with E-state index in [1.807, 2.05) is 49.3 Å². The Morgan fingerprint density at radius 2 is 1.76 bits per heavy atom. The molecule has 10 nitrogen and oxygen atoms in total. The molecule has 2 N–H and O–H groups in total. The molecule has 0 radical (unpaired) electrons. The number of halogens is 2. The number of carbonyl (C=O) groups is 2. The van der Waals surface area contributed by atoms with Crippen LogP contribution in [0.1, 0.15) is 101 Å². The second-order valence-electron chi connectivity index (χ2n) is 15.8. The quantitative estimate of drug-likeness (QED) is 0.187. The normalized spacial score (nSPS) is 21.6. The van der Waals surface area contributed by atoms with Crippen molar-refractivity contribution in [3.8, 4) is 11.3 Å². The lowest BCUT2D eigenvalue weighted by atomic mass is 9.65. The van der Waals surface area contributed by atoms with E-state index in [0.29, 0.717) is 28.8 Å². The van der Waals surface area contributed by atoms with Gasteiger partial charge in [-0.15, -0.1) is 0 Å². The molecule has 51 heavy (non-hydrogen) atoms. The van der Waals surface area contributed by atoms with Gasteiger partial charge in [0.2, 0.25) is 5.91 Å². The standard InChI is InChI=1S/C39H48F2N8O2/c1-8-42-36(50)26-15-28(32(41)31(40)23(26)4)46-35-33-29(44-21-48(33)22(2)3)16-27(45-35)24-14-30-34(43-19-24)38(5,6)37(51)49(30)25-17-39(7,18-25)20-47-12-10-9-11-13-47/h14-16,19,21-22,25H,8-13,17-18,20H2,1-7H3,(H,42,50)(H,45,46). The lowest BCUT2D eigenvalue weighted by Gasteiger charge is -2.51. The highest BCUT2D eigenvalue weighted by Gasteiger charge is 2.53. The molecule has 12 heteroatoms. The van der Waals surface area contributed by atoms with Crippen LogP contribution in [0.4, 0.5) is 26.0 Å². The smallest absolute Gasteiger partial charge is 0.251 e. The van der Waals surface area contributed by atoms with Crippen molar-refractivity contribution in [2.75, 3.05) is 36.4 Å². The molecule has 1 saturated carbocycles. The van der Waals surface area contributed by atoms with Gasteiger partial charge in [-0.1, -0.05) is 13.3 Å². The lowest BCUT2D eigenvalue weighted by molar-refractivity contribution is -0.123. The minimum Gasteiger partial charge on any atom is -0.352 e. The molecule has 3 aromatic heterocycles. The number of fused-ring (bicyclic) bond motifs is 2. The summed E-state index contributed by atoms with van der Waals surface area (Å²) in [4.78, 5) is 45.8. The summed E-state index contributed by atoms with van der Waals surface area (Å²) in [5.41, 5.74) is 3.01. The molecule has 0 unspecified atom stereocenters. The first-order chi connectivity index (χ1) is 24.2. The molecule has 0 bridgehead atoms. The van der Waals surface area contributed by atoms with Crippen LogP contribution < -0.4 is 15.5 Å². The number of carbonyl (C=O) groups excluding carboxylic acids is 2. The molecule has 1 aliphatic carbocycles. The molecule has 5 heterocycles. The maximum absolute atomic E-state index is 15.5. The van der Waals surface area contributed by atoms with E-state index < -0.39 is 23.0 Å². The molecule has 2 amide bonds. The number of hydrogen-bond donors (Lipinski definition) is 2. The third-order valence-corrected chi connectivity index (χ3v) is 11.0. The third-order valence-electron chi connectivity index (χ3n) is 11.0. The first-order valence-electron chi connectivity index (χ1n) is 18.2. The molecule has 4 aromatic rings. The molecule has 270 valence electrons. The van der Waals surface area contributed by atoms with Gasteiger partial charge in [0.25, 0.3) is 5.91 Å². The third kappa shape index (κ3) is 6.04. The number of piperidine rings is 1. The number of amides is 2. The zero-order valence-electron chi connectivity index (χ0n) is 30.7. The summed E-state index contributed by atoms with van der Waals surface area (Å²) < 4.78 is 32.6. The van der Waals surface area contributed by atoms with Crippen molar-refractivity contribution < 1.29 is 18.4 Å². The zero-order valence-corrected chi connectivity index (χ0v) is 30.7. The lowest BCUT2D eigenvalue weighted by Crippen LogP contribution is -2.56. The second kappa shape index (κ2) is 13.0. The molecule has 1 aromatic carbocycles. The number of rotatable bonds is 9. The van der Waals surface area contributed by atoms with Crippen molar-refractivity contribution in [3.63, 3.8) is 0 Å². The van der Waals surface area contributed by atoms with Gasteiger partial charge in [0.05, 0.1) is 40.0 Å². The molecule has 0 atom stereocenters. The summed E-state index contributed by atoms with van der Waals surface area (Å²) in [7, 11) is 0. The van der Waals surface area contributed by atoms with Crippen LogP contribution in [0.5, 0.6) is 0 Å². The molecular formula is C39H48F2N8O2. The Morgan fingerprint density at radius 1 is 1.04 bits per heavy atom. The van der Waals surface area contributed by atoms with Crippen molar-refractivity contribution in [3.05, 3.63) is 59.2 Å². The van der Waals surface area contributed by atoms with Crippen molar-refractivity contribution in [2.24, 2.45) is 5.41 Å².